The van der Waals surface area contributed by atoms with Crippen LogP contribution in [-0.4, -0.2) is 51.2 Å². The van der Waals surface area contributed by atoms with Crippen LogP contribution in [0.15, 0.2) is 23.5 Å². The minimum absolute atomic E-state index is 0.00358. The van der Waals surface area contributed by atoms with E-state index < -0.39 is 17.6 Å². The number of hydrogen-bond donors (Lipinski definition) is 0. The lowest BCUT2D eigenvalue weighted by Gasteiger charge is -2.08. The standard InChI is InChI=1S/C13H12ClF3N6O/c1-22(2)7-19-12(24)11-6-23(21-20-11)5-10-9(14)3-8(4-18-10)13(15,16)17/h3-4,6-7H,5H2,1-2H3. The Hall–Kier alpha value is -2.49. The minimum Gasteiger partial charge on any atom is -0.369 e. The minimum atomic E-state index is -4.52. The Bertz CT molecular complexity index is 771. The fraction of sp³-hybridized carbons (Fsp3) is 0.308. The largest absolute Gasteiger partial charge is 0.417 e. The summed E-state index contributed by atoms with van der Waals surface area (Å²) in [4.78, 5) is 20.6. The second kappa shape index (κ2) is 6.95. The highest BCUT2D eigenvalue weighted by molar-refractivity contribution is 6.31. The van der Waals surface area contributed by atoms with Gasteiger partial charge in [0.15, 0.2) is 5.69 Å². The first-order valence-electron chi connectivity index (χ1n) is 6.53. The third-order valence-corrected chi connectivity index (χ3v) is 3.05. The highest BCUT2D eigenvalue weighted by Gasteiger charge is 2.31. The number of carbonyl (C=O) groups is 1. The monoisotopic (exact) mass is 360 g/mol. The summed E-state index contributed by atoms with van der Waals surface area (Å²) in [5, 5.41) is 7.21. The zero-order valence-electron chi connectivity index (χ0n) is 12.6. The quantitative estimate of drug-likeness (QED) is 0.616. The van der Waals surface area contributed by atoms with Gasteiger partial charge in [0.2, 0.25) is 0 Å². The van der Waals surface area contributed by atoms with Crippen molar-refractivity contribution in [2.24, 2.45) is 4.99 Å². The Kier molecular flexibility index (Phi) is 5.17. The summed E-state index contributed by atoms with van der Waals surface area (Å²) in [6.07, 6.45) is -1.21. The smallest absolute Gasteiger partial charge is 0.369 e. The van der Waals surface area contributed by atoms with E-state index in [1.54, 1.807) is 19.0 Å². The molecule has 0 saturated carbocycles. The number of nitrogens with zero attached hydrogens (tertiary/aromatic N) is 6. The SMILES string of the molecule is CN(C)C=NC(=O)c1cn(Cc2ncc(C(F)(F)F)cc2Cl)nn1. The number of halogens is 4. The Labute approximate surface area is 139 Å². The molecule has 0 aromatic carbocycles. The fourth-order valence-corrected chi connectivity index (χ4v) is 1.82. The molecule has 2 rings (SSSR count). The molecule has 0 atom stereocenters. The zero-order valence-corrected chi connectivity index (χ0v) is 13.4. The van der Waals surface area contributed by atoms with Gasteiger partial charge in [0.25, 0.3) is 0 Å². The topological polar surface area (TPSA) is 76.3 Å². The van der Waals surface area contributed by atoms with Gasteiger partial charge in [0.05, 0.1) is 35.4 Å². The Morgan fingerprint density at radius 1 is 1.46 bits per heavy atom. The van der Waals surface area contributed by atoms with E-state index in [0.29, 0.717) is 6.20 Å². The first-order chi connectivity index (χ1) is 11.2. The van der Waals surface area contributed by atoms with E-state index in [1.807, 2.05) is 0 Å². The Morgan fingerprint density at radius 3 is 2.75 bits per heavy atom. The van der Waals surface area contributed by atoms with Crippen molar-refractivity contribution >= 4 is 23.8 Å². The van der Waals surface area contributed by atoms with Gasteiger partial charge in [-0.3, -0.25) is 9.78 Å². The molecule has 2 aromatic rings. The average Bonchev–Trinajstić information content (AvgIpc) is 2.94. The summed E-state index contributed by atoms with van der Waals surface area (Å²) in [7, 11) is 3.40. The molecular formula is C13H12ClF3N6O. The first-order valence-corrected chi connectivity index (χ1v) is 6.91. The molecule has 0 aliphatic carbocycles. The van der Waals surface area contributed by atoms with Gasteiger partial charge in [0.1, 0.15) is 0 Å². The van der Waals surface area contributed by atoms with Crippen molar-refractivity contribution in [3.63, 3.8) is 0 Å². The van der Waals surface area contributed by atoms with Crippen LogP contribution in [-0.2, 0) is 12.7 Å². The van der Waals surface area contributed by atoms with Crippen molar-refractivity contribution < 1.29 is 18.0 Å². The molecule has 0 fully saturated rings. The van der Waals surface area contributed by atoms with Crippen LogP contribution in [0, 0.1) is 0 Å². The van der Waals surface area contributed by atoms with E-state index in [-0.39, 0.29) is 23.0 Å². The first kappa shape index (κ1) is 17.9. The van der Waals surface area contributed by atoms with Crippen molar-refractivity contribution in [3.8, 4) is 0 Å². The van der Waals surface area contributed by atoms with Crippen molar-refractivity contribution in [1.29, 1.82) is 0 Å². The number of alkyl halides is 3. The third kappa shape index (κ3) is 4.51. The average molecular weight is 361 g/mol. The fourth-order valence-electron chi connectivity index (χ4n) is 1.60. The molecular weight excluding hydrogens is 349 g/mol. The van der Waals surface area contributed by atoms with Crippen LogP contribution in [0.4, 0.5) is 13.2 Å². The Morgan fingerprint density at radius 2 is 2.17 bits per heavy atom. The highest BCUT2D eigenvalue weighted by Crippen LogP contribution is 2.31. The molecule has 0 N–H and O–H groups in total. The predicted molar refractivity (Wildman–Crippen MR) is 79.9 cm³/mol. The molecule has 0 aliphatic heterocycles. The number of carbonyl (C=O) groups excluding carboxylic acids is 1. The highest BCUT2D eigenvalue weighted by atomic mass is 35.5. The van der Waals surface area contributed by atoms with Crippen LogP contribution in [0.1, 0.15) is 21.7 Å². The lowest BCUT2D eigenvalue weighted by molar-refractivity contribution is -0.137. The summed E-state index contributed by atoms with van der Waals surface area (Å²) in [5.74, 6) is -0.596. The van der Waals surface area contributed by atoms with E-state index in [1.165, 1.54) is 17.2 Å². The third-order valence-electron chi connectivity index (χ3n) is 2.72. The maximum absolute atomic E-state index is 12.6. The van der Waals surface area contributed by atoms with Gasteiger partial charge in [-0.05, 0) is 6.07 Å². The van der Waals surface area contributed by atoms with Crippen LogP contribution >= 0.6 is 11.6 Å². The molecule has 24 heavy (non-hydrogen) atoms. The van der Waals surface area contributed by atoms with Gasteiger partial charge in [-0.25, -0.2) is 4.68 Å². The molecule has 0 unspecified atom stereocenters. The van der Waals surface area contributed by atoms with Crippen LogP contribution in [0.3, 0.4) is 0 Å². The number of aromatic nitrogens is 4. The second-order valence-corrected chi connectivity index (χ2v) is 5.37. The lowest BCUT2D eigenvalue weighted by Crippen LogP contribution is -2.10. The van der Waals surface area contributed by atoms with E-state index in [4.69, 9.17) is 11.6 Å². The van der Waals surface area contributed by atoms with Crippen LogP contribution in [0.25, 0.3) is 0 Å². The second-order valence-electron chi connectivity index (χ2n) is 4.96. The van der Waals surface area contributed by atoms with Gasteiger partial charge in [-0.1, -0.05) is 16.8 Å². The normalized spacial score (nSPS) is 11.9. The molecule has 0 radical (unpaired) electrons. The number of pyridine rings is 1. The van der Waals surface area contributed by atoms with Crippen molar-refractivity contribution in [2.75, 3.05) is 14.1 Å². The predicted octanol–water partition coefficient (Wildman–Crippen LogP) is 2.12. The van der Waals surface area contributed by atoms with E-state index in [9.17, 15) is 18.0 Å². The summed E-state index contributed by atoms with van der Waals surface area (Å²) in [6.45, 7) is -0.0331. The molecule has 11 heteroatoms. The van der Waals surface area contributed by atoms with Gasteiger partial charge in [0, 0.05) is 20.3 Å². The maximum Gasteiger partial charge on any atom is 0.417 e. The van der Waals surface area contributed by atoms with Gasteiger partial charge in [-0.15, -0.1) is 5.10 Å². The summed E-state index contributed by atoms with van der Waals surface area (Å²) < 4.78 is 38.9. The van der Waals surface area contributed by atoms with Crippen molar-refractivity contribution in [2.45, 2.75) is 12.7 Å². The molecule has 0 aliphatic rings. The van der Waals surface area contributed by atoms with E-state index in [0.717, 1.165) is 6.07 Å². The number of hydrogen-bond acceptors (Lipinski definition) is 4. The molecule has 0 spiro atoms. The molecule has 2 heterocycles. The van der Waals surface area contributed by atoms with Crippen LogP contribution in [0.2, 0.25) is 5.02 Å². The molecule has 128 valence electrons. The van der Waals surface area contributed by atoms with Gasteiger partial charge >= 0.3 is 12.1 Å². The molecule has 7 nitrogen and oxygen atoms in total. The van der Waals surface area contributed by atoms with E-state index >= 15 is 0 Å². The summed E-state index contributed by atoms with van der Waals surface area (Å²) >= 11 is 5.82. The summed E-state index contributed by atoms with van der Waals surface area (Å²) in [6, 6.07) is 0.786. The van der Waals surface area contributed by atoms with Crippen LogP contribution in [0.5, 0.6) is 0 Å². The summed E-state index contributed by atoms with van der Waals surface area (Å²) in [5.41, 5.74) is -0.773. The number of amides is 1. The van der Waals surface area contributed by atoms with Gasteiger partial charge in [-0.2, -0.15) is 18.2 Å². The maximum atomic E-state index is 12.6. The van der Waals surface area contributed by atoms with E-state index in [2.05, 4.69) is 20.3 Å². The number of aliphatic imine (C=N–C) groups is 1. The molecule has 0 bridgehead atoms. The zero-order chi connectivity index (χ0) is 17.9. The van der Waals surface area contributed by atoms with Crippen molar-refractivity contribution in [3.05, 3.63) is 40.4 Å². The van der Waals surface area contributed by atoms with Crippen molar-refractivity contribution in [1.82, 2.24) is 24.9 Å². The number of rotatable bonds is 4. The Balaban J connectivity index is 2.14. The lowest BCUT2D eigenvalue weighted by atomic mass is 10.2. The molecule has 1 amide bonds. The molecule has 2 aromatic heterocycles. The van der Waals surface area contributed by atoms with Gasteiger partial charge < -0.3 is 4.90 Å². The molecule has 0 saturated heterocycles. The van der Waals surface area contributed by atoms with Crippen LogP contribution < -0.4 is 0 Å².